The predicted molar refractivity (Wildman–Crippen MR) is 149 cm³/mol. The maximum absolute atomic E-state index is 12.6. The Hall–Kier alpha value is -2.44. The van der Waals surface area contributed by atoms with Crippen LogP contribution >= 0.6 is 23.5 Å². The summed E-state index contributed by atoms with van der Waals surface area (Å²) in [5, 5.41) is 0. The number of hydrogen-bond donors (Lipinski definition) is 0. The molecule has 0 saturated heterocycles. The lowest BCUT2D eigenvalue weighted by molar-refractivity contribution is -0.150. The van der Waals surface area contributed by atoms with E-state index < -0.39 is 5.41 Å². The lowest BCUT2D eigenvalue weighted by Crippen LogP contribution is -2.32. The highest BCUT2D eigenvalue weighted by Crippen LogP contribution is 2.39. The van der Waals surface area contributed by atoms with E-state index in [2.05, 4.69) is 44.2 Å². The van der Waals surface area contributed by atoms with Crippen molar-refractivity contribution in [2.45, 2.75) is 69.8 Å². The first-order valence-corrected chi connectivity index (χ1v) is 14.2. The van der Waals surface area contributed by atoms with E-state index in [-0.39, 0.29) is 23.5 Å². The van der Waals surface area contributed by atoms with E-state index in [9.17, 15) is 9.59 Å². The van der Waals surface area contributed by atoms with Crippen molar-refractivity contribution in [1.29, 1.82) is 0 Å². The first-order valence-electron chi connectivity index (χ1n) is 12.4. The summed E-state index contributed by atoms with van der Waals surface area (Å²) >= 11 is 3.44. The van der Waals surface area contributed by atoms with Crippen molar-refractivity contribution in [2.24, 2.45) is 10.8 Å². The second kappa shape index (κ2) is 12.7. The molecule has 0 saturated carbocycles. The molecule has 1 aliphatic carbocycles. The molecule has 36 heavy (non-hydrogen) atoms. The lowest BCUT2D eigenvalue weighted by Gasteiger charge is -2.32. The zero-order chi connectivity index (χ0) is 26.2. The fraction of sp³-hybridized carbons (Fsp3) is 0.400. The normalized spacial score (nSPS) is 16.8. The summed E-state index contributed by atoms with van der Waals surface area (Å²) in [6, 6.07) is 17.7. The molecule has 1 aliphatic rings. The van der Waals surface area contributed by atoms with Gasteiger partial charge in [0.25, 0.3) is 0 Å². The fourth-order valence-corrected chi connectivity index (χ4v) is 5.82. The minimum absolute atomic E-state index is 0.144. The molecule has 0 spiro atoms. The lowest BCUT2D eigenvalue weighted by atomic mass is 9.83. The van der Waals surface area contributed by atoms with Crippen molar-refractivity contribution < 1.29 is 19.1 Å². The summed E-state index contributed by atoms with van der Waals surface area (Å²) in [6.07, 6.45) is 7.93. The minimum atomic E-state index is -0.562. The summed E-state index contributed by atoms with van der Waals surface area (Å²) in [6.45, 7) is 10.0. The van der Waals surface area contributed by atoms with Gasteiger partial charge in [-0.3, -0.25) is 9.59 Å². The third kappa shape index (κ3) is 8.31. The molecule has 0 radical (unpaired) electrons. The van der Waals surface area contributed by atoms with Gasteiger partial charge in [-0.25, -0.2) is 0 Å². The number of rotatable bonds is 11. The highest BCUT2D eigenvalue weighted by Gasteiger charge is 2.32. The molecule has 0 aromatic heterocycles. The van der Waals surface area contributed by atoms with E-state index in [1.54, 1.807) is 35.7 Å². The van der Waals surface area contributed by atoms with Crippen LogP contribution in [-0.4, -0.2) is 23.8 Å². The molecule has 0 aliphatic heterocycles. The van der Waals surface area contributed by atoms with Crippen LogP contribution in [0.15, 0.2) is 87.5 Å². The predicted octanol–water partition coefficient (Wildman–Crippen LogP) is 8.08. The van der Waals surface area contributed by atoms with E-state index in [1.807, 2.05) is 51.1 Å². The van der Waals surface area contributed by atoms with Crippen molar-refractivity contribution in [3.63, 3.8) is 0 Å². The largest absolute Gasteiger partial charge is 0.457 e. The van der Waals surface area contributed by atoms with Gasteiger partial charge in [0, 0.05) is 26.5 Å². The maximum atomic E-state index is 12.6. The van der Waals surface area contributed by atoms with Gasteiger partial charge in [-0.2, -0.15) is 0 Å². The van der Waals surface area contributed by atoms with Gasteiger partial charge in [0.15, 0.2) is 0 Å². The highest BCUT2D eigenvalue weighted by atomic mass is 32.2. The molecule has 1 atom stereocenters. The Balaban J connectivity index is 1.48. The van der Waals surface area contributed by atoms with Crippen LogP contribution < -0.4 is 4.74 Å². The topological polar surface area (TPSA) is 52.6 Å². The number of esters is 2. The Labute approximate surface area is 223 Å². The van der Waals surface area contributed by atoms with Crippen molar-refractivity contribution in [3.05, 3.63) is 77.7 Å². The molecular formula is C30H36O4S2. The zero-order valence-electron chi connectivity index (χ0n) is 21.8. The Kier molecular flexibility index (Phi) is 9.92. The van der Waals surface area contributed by atoms with Crippen LogP contribution in [0.4, 0.5) is 0 Å². The molecule has 6 heteroatoms. The van der Waals surface area contributed by atoms with Crippen molar-refractivity contribution in [2.75, 3.05) is 5.75 Å². The Morgan fingerprint density at radius 2 is 1.67 bits per heavy atom. The first-order chi connectivity index (χ1) is 17.1. The van der Waals surface area contributed by atoms with Gasteiger partial charge in [0.2, 0.25) is 0 Å². The average molecular weight is 525 g/mol. The number of thioether (sulfide) groups is 2. The van der Waals surface area contributed by atoms with Crippen molar-refractivity contribution in [3.8, 4) is 5.75 Å². The van der Waals surface area contributed by atoms with Crippen LogP contribution in [0.5, 0.6) is 5.75 Å². The molecule has 4 nitrogen and oxygen atoms in total. The monoisotopic (exact) mass is 524 g/mol. The number of allylic oxidation sites excluding steroid dienone is 1. The third-order valence-electron chi connectivity index (χ3n) is 5.96. The van der Waals surface area contributed by atoms with Gasteiger partial charge in [0.05, 0.1) is 5.41 Å². The van der Waals surface area contributed by atoms with Crippen LogP contribution in [-0.2, 0) is 14.3 Å². The molecule has 2 aromatic rings. The SMILES string of the molecule is CCCC(=O)OC1C=CC(Sc2ccc(SCCC(C)(C)C(=O)Oc3ccccc3)cc2)=CC1(C)C. The smallest absolute Gasteiger partial charge is 0.316 e. The molecule has 2 aromatic carbocycles. The summed E-state index contributed by atoms with van der Waals surface area (Å²) in [4.78, 5) is 28.0. The van der Waals surface area contributed by atoms with E-state index in [0.717, 1.165) is 28.4 Å². The van der Waals surface area contributed by atoms with Gasteiger partial charge in [-0.05, 0) is 81.0 Å². The number of carbonyl (C=O) groups is 2. The summed E-state index contributed by atoms with van der Waals surface area (Å²) < 4.78 is 11.2. The number of hydrogen-bond acceptors (Lipinski definition) is 6. The molecule has 192 valence electrons. The second-order valence-electron chi connectivity index (χ2n) is 10.1. The van der Waals surface area contributed by atoms with Crippen LogP contribution in [0.25, 0.3) is 0 Å². The zero-order valence-corrected chi connectivity index (χ0v) is 23.4. The Morgan fingerprint density at radius 3 is 2.31 bits per heavy atom. The molecule has 1 unspecified atom stereocenters. The van der Waals surface area contributed by atoms with E-state index in [4.69, 9.17) is 9.47 Å². The first kappa shape index (κ1) is 28.1. The number of benzene rings is 2. The van der Waals surface area contributed by atoms with Gasteiger partial charge in [0.1, 0.15) is 11.9 Å². The molecule has 0 bridgehead atoms. The summed E-state index contributed by atoms with van der Waals surface area (Å²) in [5.74, 6) is 1.05. The van der Waals surface area contributed by atoms with Crippen LogP contribution in [0, 0.1) is 10.8 Å². The Bertz CT molecular complexity index is 1090. The van der Waals surface area contributed by atoms with Crippen LogP contribution in [0.3, 0.4) is 0 Å². The van der Waals surface area contributed by atoms with E-state index in [0.29, 0.717) is 12.2 Å². The molecule has 3 rings (SSSR count). The quantitative estimate of drug-likeness (QED) is 0.168. The van der Waals surface area contributed by atoms with E-state index in [1.165, 1.54) is 4.90 Å². The van der Waals surface area contributed by atoms with Crippen molar-refractivity contribution >= 4 is 35.5 Å². The van der Waals surface area contributed by atoms with Crippen molar-refractivity contribution in [1.82, 2.24) is 0 Å². The Morgan fingerprint density at radius 1 is 1.00 bits per heavy atom. The van der Waals surface area contributed by atoms with Gasteiger partial charge in [-0.15, -0.1) is 11.8 Å². The fourth-order valence-electron chi connectivity index (χ4n) is 3.59. The van der Waals surface area contributed by atoms with Gasteiger partial charge >= 0.3 is 11.9 Å². The average Bonchev–Trinajstić information content (AvgIpc) is 2.82. The van der Waals surface area contributed by atoms with E-state index >= 15 is 0 Å². The molecule has 0 fully saturated rings. The molecule has 0 heterocycles. The minimum Gasteiger partial charge on any atom is -0.457 e. The van der Waals surface area contributed by atoms with Crippen LogP contribution in [0.1, 0.15) is 53.9 Å². The highest BCUT2D eigenvalue weighted by molar-refractivity contribution is 8.03. The standard InChI is InChI=1S/C30H36O4S2/c1-6-10-27(31)34-26-18-17-25(21-30(26,4)5)36-24-15-13-23(14-16-24)35-20-19-29(2,3)28(32)33-22-11-8-7-9-12-22/h7-9,11-18,21,26H,6,10,19-20H2,1-5H3. The maximum Gasteiger partial charge on any atom is 0.316 e. The third-order valence-corrected chi connectivity index (χ3v) is 7.97. The molecule has 0 amide bonds. The summed E-state index contributed by atoms with van der Waals surface area (Å²) in [5.41, 5.74) is -0.821. The van der Waals surface area contributed by atoms with Gasteiger partial charge < -0.3 is 9.47 Å². The molecule has 0 N–H and O–H groups in total. The summed E-state index contributed by atoms with van der Waals surface area (Å²) in [7, 11) is 0. The second-order valence-corrected chi connectivity index (χ2v) is 12.5. The van der Waals surface area contributed by atoms with Gasteiger partial charge in [-0.1, -0.05) is 56.8 Å². The molecular weight excluding hydrogens is 488 g/mol. The number of para-hydroxylation sites is 1. The number of ether oxygens (including phenoxy) is 2. The number of carbonyl (C=O) groups excluding carboxylic acids is 2. The van der Waals surface area contributed by atoms with Crippen LogP contribution in [0.2, 0.25) is 0 Å².